The first-order valence-electron chi connectivity index (χ1n) is 11.1. The lowest BCUT2D eigenvalue weighted by atomic mass is 10.1. The van der Waals surface area contributed by atoms with E-state index in [4.69, 9.17) is 16.3 Å². The Labute approximate surface area is 196 Å². The molecule has 1 aromatic carbocycles. The van der Waals surface area contributed by atoms with Crippen LogP contribution in [0.4, 0.5) is 11.5 Å². The van der Waals surface area contributed by atoms with Crippen LogP contribution >= 0.6 is 11.6 Å². The Hall–Kier alpha value is -3.33. The van der Waals surface area contributed by atoms with Crippen LogP contribution in [0.25, 0.3) is 11.0 Å². The van der Waals surface area contributed by atoms with E-state index in [0.29, 0.717) is 78.1 Å². The summed E-state index contributed by atoms with van der Waals surface area (Å²) in [5.41, 5.74) is 1.55. The summed E-state index contributed by atoms with van der Waals surface area (Å²) in [5, 5.41) is 11.7. The van der Waals surface area contributed by atoms with Crippen LogP contribution in [0.2, 0.25) is 5.02 Å². The van der Waals surface area contributed by atoms with Crippen molar-refractivity contribution < 1.29 is 14.6 Å². The zero-order chi connectivity index (χ0) is 22.8. The molecule has 2 aromatic heterocycles. The number of carbonyl (C=O) groups excluding carboxylic acids is 1. The minimum Gasteiger partial charge on any atom is -0.494 e. The largest absolute Gasteiger partial charge is 0.494 e. The van der Waals surface area contributed by atoms with Crippen molar-refractivity contribution >= 4 is 46.3 Å². The van der Waals surface area contributed by atoms with E-state index >= 15 is 0 Å². The fourth-order valence-corrected chi connectivity index (χ4v) is 4.43. The number of hydrogen-bond acceptors (Lipinski definition) is 7. The van der Waals surface area contributed by atoms with Crippen molar-refractivity contribution in [3.8, 4) is 11.6 Å². The number of ether oxygens (including phenoxy) is 1. The second-order valence-electron chi connectivity index (χ2n) is 8.21. The molecule has 3 aliphatic heterocycles. The molecule has 0 saturated carbocycles. The molecule has 0 atom stereocenters. The number of rotatable bonds is 0. The second kappa shape index (κ2) is 9.27. The average molecular weight is 469 g/mol. The molecule has 0 aliphatic carbocycles. The topological polar surface area (TPSA) is 107 Å². The van der Waals surface area contributed by atoms with Crippen LogP contribution in [0, 0.1) is 0 Å². The fourth-order valence-electron chi connectivity index (χ4n) is 4.27. The number of nitrogens with one attached hydrogen (secondary N) is 1. The Morgan fingerprint density at radius 3 is 2.73 bits per heavy atom. The lowest BCUT2D eigenvalue weighted by molar-refractivity contribution is -0.131. The van der Waals surface area contributed by atoms with Gasteiger partial charge in [0.05, 0.1) is 28.3 Å². The number of fused-ring (bicyclic) bond motifs is 8. The molecule has 1 saturated heterocycles. The van der Waals surface area contributed by atoms with Crippen LogP contribution in [-0.2, 0) is 4.79 Å². The number of halogens is 1. The summed E-state index contributed by atoms with van der Waals surface area (Å²) in [5.74, 6) is 1.52. The van der Waals surface area contributed by atoms with Gasteiger partial charge in [0.25, 0.3) is 0 Å². The first-order chi connectivity index (χ1) is 16.1. The van der Waals surface area contributed by atoms with Crippen LogP contribution < -0.4 is 9.64 Å². The molecule has 9 nitrogen and oxygen atoms in total. The lowest BCUT2D eigenvalue weighted by Gasteiger charge is -2.35. The Morgan fingerprint density at radius 2 is 1.88 bits per heavy atom. The molecule has 10 heteroatoms. The number of piperazine rings is 1. The van der Waals surface area contributed by atoms with E-state index in [1.54, 1.807) is 24.4 Å². The van der Waals surface area contributed by atoms with E-state index in [9.17, 15) is 9.90 Å². The van der Waals surface area contributed by atoms with Crippen LogP contribution in [0.3, 0.4) is 0 Å². The number of aromatic nitrogens is 3. The van der Waals surface area contributed by atoms with Gasteiger partial charge in [-0.25, -0.2) is 9.97 Å². The SMILES string of the molecule is O=C1CCCCCOc2ccc(Cl)c(c2)N=Cc2c(O)[nH]c3ncnc(c23)N2CCN1CC2. The van der Waals surface area contributed by atoms with Gasteiger partial charge in [-0.1, -0.05) is 11.6 Å². The van der Waals surface area contributed by atoms with Gasteiger partial charge in [-0.3, -0.25) is 9.79 Å². The third kappa shape index (κ3) is 4.45. The molecule has 0 spiro atoms. The van der Waals surface area contributed by atoms with Crippen molar-refractivity contribution in [2.45, 2.75) is 25.7 Å². The number of benzene rings is 1. The molecule has 3 aromatic rings. The highest BCUT2D eigenvalue weighted by molar-refractivity contribution is 6.33. The number of aliphatic imine (C=N–C) groups is 1. The first-order valence-corrected chi connectivity index (χ1v) is 11.5. The molecule has 0 unspecified atom stereocenters. The predicted molar refractivity (Wildman–Crippen MR) is 127 cm³/mol. The van der Waals surface area contributed by atoms with Gasteiger partial charge in [0.2, 0.25) is 5.91 Å². The van der Waals surface area contributed by atoms with Crippen LogP contribution in [-0.4, -0.2) is 69.9 Å². The molecule has 4 bridgehead atoms. The molecule has 6 rings (SSSR count). The van der Waals surface area contributed by atoms with Gasteiger partial charge >= 0.3 is 0 Å². The third-order valence-corrected chi connectivity index (χ3v) is 6.39. The van der Waals surface area contributed by atoms with Crippen molar-refractivity contribution in [1.82, 2.24) is 19.9 Å². The highest BCUT2D eigenvalue weighted by Crippen LogP contribution is 2.34. The number of carbonyl (C=O) groups is 1. The van der Waals surface area contributed by atoms with E-state index in [-0.39, 0.29) is 11.8 Å². The van der Waals surface area contributed by atoms with Crippen LogP contribution in [0.1, 0.15) is 31.2 Å². The normalized spacial score (nSPS) is 17.5. The van der Waals surface area contributed by atoms with E-state index < -0.39 is 0 Å². The quantitative estimate of drug-likeness (QED) is 0.521. The predicted octanol–water partition coefficient (Wildman–Crippen LogP) is 3.67. The molecule has 1 fully saturated rings. The Balaban J connectivity index is 1.55. The van der Waals surface area contributed by atoms with Gasteiger partial charge in [0.1, 0.15) is 23.5 Å². The Morgan fingerprint density at radius 1 is 1.06 bits per heavy atom. The van der Waals surface area contributed by atoms with Crippen molar-refractivity contribution in [1.29, 1.82) is 0 Å². The summed E-state index contributed by atoms with van der Waals surface area (Å²) in [7, 11) is 0. The maximum Gasteiger partial charge on any atom is 0.222 e. The van der Waals surface area contributed by atoms with Crippen molar-refractivity contribution in [3.05, 3.63) is 35.1 Å². The smallest absolute Gasteiger partial charge is 0.222 e. The number of amides is 1. The van der Waals surface area contributed by atoms with Gasteiger partial charge in [0.15, 0.2) is 5.88 Å². The Kier molecular flexibility index (Phi) is 6.04. The standard InChI is InChI=1S/C23H25ClN6O3/c24-17-6-5-15-12-18(17)25-13-16-20-21(28-23(16)32)26-14-27-22(20)30-9-7-29(8-10-30)19(31)4-2-1-3-11-33-15/h5-6,12-14,32H,1-4,7-11H2,(H,26,27,28). The monoisotopic (exact) mass is 468 g/mol. The van der Waals surface area contributed by atoms with Gasteiger partial charge in [-0.15, -0.1) is 0 Å². The molecule has 5 heterocycles. The summed E-state index contributed by atoms with van der Waals surface area (Å²) in [4.78, 5) is 32.9. The van der Waals surface area contributed by atoms with E-state index in [1.165, 1.54) is 6.33 Å². The highest BCUT2D eigenvalue weighted by Gasteiger charge is 2.25. The molecule has 3 aliphatic rings. The summed E-state index contributed by atoms with van der Waals surface area (Å²) < 4.78 is 5.86. The van der Waals surface area contributed by atoms with Crippen LogP contribution in [0.15, 0.2) is 29.5 Å². The summed E-state index contributed by atoms with van der Waals surface area (Å²) in [6, 6.07) is 5.33. The van der Waals surface area contributed by atoms with Gasteiger partial charge in [-0.2, -0.15) is 0 Å². The zero-order valence-corrected chi connectivity index (χ0v) is 18.9. The van der Waals surface area contributed by atoms with Gasteiger partial charge < -0.3 is 24.6 Å². The fraction of sp³-hybridized carbons (Fsp3) is 0.391. The molecule has 33 heavy (non-hydrogen) atoms. The number of H-pyrrole nitrogens is 1. The van der Waals surface area contributed by atoms with E-state index in [0.717, 1.165) is 19.3 Å². The maximum absolute atomic E-state index is 12.6. The number of hydrogen-bond donors (Lipinski definition) is 2. The number of anilines is 1. The van der Waals surface area contributed by atoms with Gasteiger partial charge in [0, 0.05) is 44.9 Å². The summed E-state index contributed by atoms with van der Waals surface area (Å²) in [6.45, 7) is 3.13. The highest BCUT2D eigenvalue weighted by atomic mass is 35.5. The lowest BCUT2D eigenvalue weighted by Crippen LogP contribution is -2.49. The average Bonchev–Trinajstić information content (AvgIpc) is 3.15. The first kappa shape index (κ1) is 21.5. The zero-order valence-electron chi connectivity index (χ0n) is 18.1. The van der Waals surface area contributed by atoms with Crippen LogP contribution in [0.5, 0.6) is 11.6 Å². The van der Waals surface area contributed by atoms with Crippen molar-refractivity contribution in [2.24, 2.45) is 4.99 Å². The molecule has 2 N–H and O–H groups in total. The third-order valence-electron chi connectivity index (χ3n) is 6.07. The second-order valence-corrected chi connectivity index (χ2v) is 8.61. The molecule has 1 amide bonds. The summed E-state index contributed by atoms with van der Waals surface area (Å²) >= 11 is 6.36. The molecule has 0 radical (unpaired) electrons. The van der Waals surface area contributed by atoms with Gasteiger partial charge in [-0.05, 0) is 31.4 Å². The minimum absolute atomic E-state index is 0.0428. The van der Waals surface area contributed by atoms with Crippen molar-refractivity contribution in [2.75, 3.05) is 37.7 Å². The number of nitrogens with zero attached hydrogens (tertiary/aromatic N) is 5. The maximum atomic E-state index is 12.6. The number of aromatic amines is 1. The Bertz CT molecular complexity index is 1200. The minimum atomic E-state index is -0.0428. The molecular weight excluding hydrogens is 444 g/mol. The van der Waals surface area contributed by atoms with E-state index in [2.05, 4.69) is 24.8 Å². The molecule has 172 valence electrons. The molecular formula is C23H25ClN6O3. The number of aromatic hydroxyl groups is 1. The van der Waals surface area contributed by atoms with Crippen molar-refractivity contribution in [3.63, 3.8) is 0 Å². The van der Waals surface area contributed by atoms with E-state index in [1.807, 2.05) is 4.90 Å². The summed E-state index contributed by atoms with van der Waals surface area (Å²) in [6.07, 6.45) is 6.23.